The van der Waals surface area contributed by atoms with E-state index in [1.165, 1.54) is 17.7 Å². The molecule has 1 aromatic heterocycles. The highest BCUT2D eigenvalue weighted by Crippen LogP contribution is 2.22. The van der Waals surface area contributed by atoms with Gasteiger partial charge >= 0.3 is 0 Å². The molecule has 1 aliphatic carbocycles. The van der Waals surface area contributed by atoms with Crippen molar-refractivity contribution < 1.29 is 4.79 Å². The third kappa shape index (κ3) is 2.63. The topological polar surface area (TPSA) is 54.0 Å². The summed E-state index contributed by atoms with van der Waals surface area (Å²) >= 11 is 0. The maximum absolute atomic E-state index is 11.7. The van der Waals surface area contributed by atoms with Gasteiger partial charge in [0.25, 0.3) is 0 Å². The lowest BCUT2D eigenvalue weighted by Gasteiger charge is -2.23. The van der Waals surface area contributed by atoms with E-state index < -0.39 is 5.41 Å². The van der Waals surface area contributed by atoms with Gasteiger partial charge in [0, 0.05) is 19.3 Å². The molecule has 1 amide bonds. The van der Waals surface area contributed by atoms with Crippen LogP contribution in [0.1, 0.15) is 31.5 Å². The number of pyridine rings is 1. The molecular formula is C14H21N3O. The zero-order valence-corrected chi connectivity index (χ0v) is 11.3. The van der Waals surface area contributed by atoms with E-state index in [1.54, 1.807) is 7.05 Å². The van der Waals surface area contributed by atoms with Gasteiger partial charge in [-0.1, -0.05) is 6.07 Å². The molecule has 1 aromatic rings. The smallest absolute Gasteiger partial charge is 0.227 e. The van der Waals surface area contributed by atoms with Crippen molar-refractivity contribution in [3.05, 3.63) is 23.4 Å². The highest BCUT2D eigenvalue weighted by molar-refractivity contribution is 5.82. The molecule has 0 unspecified atom stereocenters. The van der Waals surface area contributed by atoms with Crippen LogP contribution in [0.15, 0.2) is 12.1 Å². The minimum Gasteiger partial charge on any atom is -0.369 e. The summed E-state index contributed by atoms with van der Waals surface area (Å²) in [6.07, 6.45) is 3.42. The second-order valence-corrected chi connectivity index (χ2v) is 5.47. The molecule has 4 nitrogen and oxygen atoms in total. The van der Waals surface area contributed by atoms with E-state index in [-0.39, 0.29) is 5.91 Å². The van der Waals surface area contributed by atoms with Crippen molar-refractivity contribution in [3.63, 3.8) is 0 Å². The van der Waals surface area contributed by atoms with Gasteiger partial charge in [0.2, 0.25) is 5.91 Å². The standard InChI is InChI=1S/C14H21N3O/c1-14(2,13(18)15-3)9-16-12-8-7-10-5-4-6-11(10)17-12/h7-8H,4-6,9H2,1-3H3,(H,15,18)(H,16,17). The van der Waals surface area contributed by atoms with Gasteiger partial charge in [-0.3, -0.25) is 4.79 Å². The number of carbonyl (C=O) groups is 1. The van der Waals surface area contributed by atoms with Gasteiger partial charge in [-0.15, -0.1) is 0 Å². The number of aryl methyl sites for hydroxylation is 2. The molecule has 0 radical (unpaired) electrons. The van der Waals surface area contributed by atoms with E-state index in [0.717, 1.165) is 18.7 Å². The predicted octanol–water partition coefficient (Wildman–Crippen LogP) is 1.75. The van der Waals surface area contributed by atoms with Crippen LogP contribution >= 0.6 is 0 Å². The Balaban J connectivity index is 2.00. The summed E-state index contributed by atoms with van der Waals surface area (Å²) in [6, 6.07) is 4.15. The molecule has 98 valence electrons. The molecule has 0 aliphatic heterocycles. The molecular weight excluding hydrogens is 226 g/mol. The quantitative estimate of drug-likeness (QED) is 0.852. The molecule has 18 heavy (non-hydrogen) atoms. The van der Waals surface area contributed by atoms with Crippen molar-refractivity contribution in [1.29, 1.82) is 0 Å². The third-order valence-corrected chi connectivity index (χ3v) is 3.48. The number of rotatable bonds is 4. The van der Waals surface area contributed by atoms with Crippen molar-refractivity contribution in [2.75, 3.05) is 18.9 Å². The number of fused-ring (bicyclic) bond motifs is 1. The summed E-state index contributed by atoms with van der Waals surface area (Å²) in [7, 11) is 1.66. The van der Waals surface area contributed by atoms with E-state index in [1.807, 2.05) is 19.9 Å². The van der Waals surface area contributed by atoms with Crippen LogP contribution in [0.4, 0.5) is 5.82 Å². The summed E-state index contributed by atoms with van der Waals surface area (Å²) < 4.78 is 0. The average Bonchev–Trinajstić information content (AvgIpc) is 2.82. The van der Waals surface area contributed by atoms with Crippen LogP contribution in [0.25, 0.3) is 0 Å². The van der Waals surface area contributed by atoms with E-state index in [4.69, 9.17) is 0 Å². The number of hydrogen-bond donors (Lipinski definition) is 2. The lowest BCUT2D eigenvalue weighted by atomic mass is 9.92. The number of aromatic nitrogens is 1. The molecule has 1 heterocycles. The highest BCUT2D eigenvalue weighted by atomic mass is 16.2. The number of anilines is 1. The van der Waals surface area contributed by atoms with Gasteiger partial charge in [-0.25, -0.2) is 4.98 Å². The van der Waals surface area contributed by atoms with Crippen molar-refractivity contribution >= 4 is 11.7 Å². The van der Waals surface area contributed by atoms with Crippen LogP contribution in [0.3, 0.4) is 0 Å². The molecule has 0 spiro atoms. The molecule has 2 N–H and O–H groups in total. The Morgan fingerprint density at radius 1 is 1.39 bits per heavy atom. The second-order valence-electron chi connectivity index (χ2n) is 5.47. The zero-order valence-electron chi connectivity index (χ0n) is 11.3. The first kappa shape index (κ1) is 12.9. The molecule has 0 saturated heterocycles. The Kier molecular flexibility index (Phi) is 3.55. The normalized spacial score (nSPS) is 14.2. The monoisotopic (exact) mass is 247 g/mol. The fraction of sp³-hybridized carbons (Fsp3) is 0.571. The van der Waals surface area contributed by atoms with Crippen LogP contribution in [-0.4, -0.2) is 24.5 Å². The predicted molar refractivity (Wildman–Crippen MR) is 72.6 cm³/mol. The van der Waals surface area contributed by atoms with Crippen LogP contribution in [0.2, 0.25) is 0 Å². The first-order valence-electron chi connectivity index (χ1n) is 6.48. The summed E-state index contributed by atoms with van der Waals surface area (Å²) in [6.45, 7) is 4.43. The molecule has 2 rings (SSSR count). The zero-order chi connectivity index (χ0) is 13.2. The minimum atomic E-state index is -0.435. The van der Waals surface area contributed by atoms with Gasteiger partial charge in [-0.05, 0) is 44.7 Å². The third-order valence-electron chi connectivity index (χ3n) is 3.48. The number of hydrogen-bond acceptors (Lipinski definition) is 3. The van der Waals surface area contributed by atoms with E-state index in [9.17, 15) is 4.79 Å². The molecule has 0 atom stereocenters. The van der Waals surface area contributed by atoms with Crippen molar-refractivity contribution in [3.8, 4) is 0 Å². The summed E-state index contributed by atoms with van der Waals surface area (Å²) in [5.41, 5.74) is 2.14. The fourth-order valence-electron chi connectivity index (χ4n) is 2.25. The molecule has 0 saturated carbocycles. The first-order valence-corrected chi connectivity index (χ1v) is 6.48. The minimum absolute atomic E-state index is 0.0381. The Labute approximate surface area is 108 Å². The Morgan fingerprint density at radius 2 is 2.17 bits per heavy atom. The van der Waals surface area contributed by atoms with E-state index in [0.29, 0.717) is 6.54 Å². The van der Waals surface area contributed by atoms with Crippen LogP contribution in [0, 0.1) is 5.41 Å². The average molecular weight is 247 g/mol. The molecule has 0 fully saturated rings. The Hall–Kier alpha value is -1.58. The van der Waals surface area contributed by atoms with Crippen LogP contribution in [-0.2, 0) is 17.6 Å². The summed E-state index contributed by atoms with van der Waals surface area (Å²) in [5.74, 6) is 0.906. The number of carbonyl (C=O) groups excluding carboxylic acids is 1. The SMILES string of the molecule is CNC(=O)C(C)(C)CNc1ccc2c(n1)CCC2. The van der Waals surface area contributed by atoms with Crippen LogP contribution in [0.5, 0.6) is 0 Å². The highest BCUT2D eigenvalue weighted by Gasteiger charge is 2.26. The van der Waals surface area contributed by atoms with Crippen molar-refractivity contribution in [1.82, 2.24) is 10.3 Å². The summed E-state index contributed by atoms with van der Waals surface area (Å²) in [5, 5.41) is 5.94. The fourth-order valence-corrected chi connectivity index (χ4v) is 2.25. The van der Waals surface area contributed by atoms with Crippen molar-refractivity contribution in [2.24, 2.45) is 5.41 Å². The number of nitrogens with one attached hydrogen (secondary N) is 2. The van der Waals surface area contributed by atoms with Gasteiger partial charge in [0.15, 0.2) is 0 Å². The number of nitrogens with zero attached hydrogens (tertiary/aromatic N) is 1. The van der Waals surface area contributed by atoms with E-state index in [2.05, 4.69) is 21.7 Å². The van der Waals surface area contributed by atoms with Crippen LogP contribution < -0.4 is 10.6 Å². The van der Waals surface area contributed by atoms with Gasteiger partial charge in [-0.2, -0.15) is 0 Å². The molecule has 0 bridgehead atoms. The Morgan fingerprint density at radius 3 is 2.89 bits per heavy atom. The first-order chi connectivity index (χ1) is 8.53. The molecule has 0 aromatic carbocycles. The van der Waals surface area contributed by atoms with Gasteiger partial charge in [0.05, 0.1) is 5.41 Å². The molecule has 1 aliphatic rings. The maximum Gasteiger partial charge on any atom is 0.227 e. The Bertz CT molecular complexity index is 454. The lowest BCUT2D eigenvalue weighted by molar-refractivity contribution is -0.128. The molecule has 4 heteroatoms. The van der Waals surface area contributed by atoms with Crippen molar-refractivity contribution in [2.45, 2.75) is 33.1 Å². The summed E-state index contributed by atoms with van der Waals surface area (Å²) in [4.78, 5) is 16.3. The van der Waals surface area contributed by atoms with Gasteiger partial charge in [0.1, 0.15) is 5.82 Å². The lowest BCUT2D eigenvalue weighted by Crippen LogP contribution is -2.39. The van der Waals surface area contributed by atoms with E-state index >= 15 is 0 Å². The second kappa shape index (κ2) is 4.96. The maximum atomic E-state index is 11.7. The largest absolute Gasteiger partial charge is 0.369 e. The number of amides is 1. The van der Waals surface area contributed by atoms with Gasteiger partial charge < -0.3 is 10.6 Å².